The Balaban J connectivity index is 1.93. The summed E-state index contributed by atoms with van der Waals surface area (Å²) in [6, 6.07) is 0.452. The summed E-state index contributed by atoms with van der Waals surface area (Å²) >= 11 is 0. The van der Waals surface area contributed by atoms with Gasteiger partial charge in [-0.15, -0.1) is 0 Å². The third kappa shape index (κ3) is 6.96. The van der Waals surface area contributed by atoms with Crippen molar-refractivity contribution in [3.8, 4) is 0 Å². The van der Waals surface area contributed by atoms with Gasteiger partial charge in [-0.2, -0.15) is 0 Å². The maximum absolute atomic E-state index is 11.6. The van der Waals surface area contributed by atoms with E-state index in [-0.39, 0.29) is 5.91 Å². The lowest BCUT2D eigenvalue weighted by atomic mass is 9.93. The first-order chi connectivity index (χ1) is 13.0. The highest BCUT2D eigenvalue weighted by molar-refractivity contribution is 5.80. The number of ether oxygens (including phenoxy) is 1. The van der Waals surface area contributed by atoms with E-state index in [1.165, 1.54) is 0 Å². The highest BCUT2D eigenvalue weighted by atomic mass is 16.5. The molecule has 156 valence electrons. The Hall–Kier alpha value is -1.34. The van der Waals surface area contributed by atoms with Crippen molar-refractivity contribution in [1.82, 2.24) is 20.4 Å². The van der Waals surface area contributed by atoms with Gasteiger partial charge in [-0.25, -0.2) is 0 Å². The van der Waals surface area contributed by atoms with Gasteiger partial charge < -0.3 is 20.3 Å². The number of nitrogens with zero attached hydrogens (tertiary/aromatic N) is 3. The first kappa shape index (κ1) is 22.0. The topological polar surface area (TPSA) is 69.2 Å². The number of amides is 1. The molecule has 2 aliphatic heterocycles. The van der Waals surface area contributed by atoms with Gasteiger partial charge in [-0.3, -0.25) is 14.7 Å². The number of aliphatic imine (C=N–C) groups is 1. The Morgan fingerprint density at radius 3 is 2.41 bits per heavy atom. The van der Waals surface area contributed by atoms with Crippen LogP contribution in [0.3, 0.4) is 0 Å². The Bertz CT molecular complexity index is 469. The van der Waals surface area contributed by atoms with Crippen molar-refractivity contribution in [1.29, 1.82) is 0 Å². The largest absolute Gasteiger partial charge is 0.379 e. The van der Waals surface area contributed by atoms with Crippen LogP contribution in [0, 0.1) is 11.8 Å². The van der Waals surface area contributed by atoms with Gasteiger partial charge in [0.25, 0.3) is 0 Å². The lowest BCUT2D eigenvalue weighted by Crippen LogP contribution is -2.49. The maximum Gasteiger partial charge on any atom is 0.220 e. The average molecular weight is 382 g/mol. The van der Waals surface area contributed by atoms with Crippen molar-refractivity contribution in [3.05, 3.63) is 0 Å². The summed E-state index contributed by atoms with van der Waals surface area (Å²) in [5, 5.41) is 6.21. The molecule has 1 amide bonds. The number of nitrogens with one attached hydrogen (secondary N) is 2. The molecule has 0 aromatic rings. The normalized spacial score (nSPS) is 21.4. The summed E-state index contributed by atoms with van der Waals surface area (Å²) in [4.78, 5) is 21.5. The zero-order chi connectivity index (χ0) is 19.6. The fraction of sp³-hybridized carbons (Fsp3) is 0.900. The Kier molecular flexibility index (Phi) is 9.34. The van der Waals surface area contributed by atoms with Crippen LogP contribution in [0.15, 0.2) is 4.99 Å². The summed E-state index contributed by atoms with van der Waals surface area (Å²) in [5.41, 5.74) is 0. The number of guanidine groups is 1. The van der Waals surface area contributed by atoms with E-state index in [0.29, 0.717) is 24.3 Å². The number of likely N-dealkylation sites (tertiary alicyclic amines) is 1. The predicted octanol–water partition coefficient (Wildman–Crippen LogP) is 1.16. The van der Waals surface area contributed by atoms with Crippen LogP contribution in [0.4, 0.5) is 0 Å². The molecule has 7 heteroatoms. The van der Waals surface area contributed by atoms with Crippen molar-refractivity contribution in [2.45, 2.75) is 46.1 Å². The highest BCUT2D eigenvalue weighted by Crippen LogP contribution is 2.21. The van der Waals surface area contributed by atoms with Crippen molar-refractivity contribution >= 4 is 11.9 Å². The monoisotopic (exact) mass is 381 g/mol. The molecule has 0 saturated carbocycles. The second-order valence-corrected chi connectivity index (χ2v) is 7.96. The molecule has 0 aromatic heterocycles. The summed E-state index contributed by atoms with van der Waals surface area (Å²) < 4.78 is 5.51. The molecule has 0 radical (unpaired) electrons. The fourth-order valence-corrected chi connectivity index (χ4v) is 3.98. The van der Waals surface area contributed by atoms with Gasteiger partial charge in [0.2, 0.25) is 5.91 Å². The summed E-state index contributed by atoms with van der Waals surface area (Å²) in [5.74, 6) is 2.22. The van der Waals surface area contributed by atoms with E-state index in [1.54, 1.807) is 7.05 Å². The smallest absolute Gasteiger partial charge is 0.220 e. The SMILES string of the molecule is CCNC(=NCC(C(C)C)N1CCOCC1)N1CCC(CC(=O)NC)CC1. The number of hydrogen-bond donors (Lipinski definition) is 2. The van der Waals surface area contributed by atoms with Gasteiger partial charge in [-0.05, 0) is 31.6 Å². The van der Waals surface area contributed by atoms with E-state index >= 15 is 0 Å². The molecule has 0 bridgehead atoms. The van der Waals surface area contributed by atoms with Gasteiger partial charge in [-0.1, -0.05) is 13.8 Å². The van der Waals surface area contributed by atoms with Crippen LogP contribution in [0.2, 0.25) is 0 Å². The van der Waals surface area contributed by atoms with Gasteiger partial charge in [0, 0.05) is 52.2 Å². The maximum atomic E-state index is 11.6. The highest BCUT2D eigenvalue weighted by Gasteiger charge is 2.26. The standard InChI is InChI=1S/C20H39N5O2/c1-5-22-20(25-8-6-17(7-9-25)14-19(26)21-4)23-15-18(16(2)3)24-10-12-27-13-11-24/h16-18H,5-15H2,1-4H3,(H,21,26)(H,22,23). The quantitative estimate of drug-likeness (QED) is 0.512. The predicted molar refractivity (Wildman–Crippen MR) is 110 cm³/mol. The molecule has 2 aliphatic rings. The lowest BCUT2D eigenvalue weighted by Gasteiger charge is -2.37. The molecule has 2 heterocycles. The zero-order valence-corrected chi connectivity index (χ0v) is 17.7. The number of rotatable bonds is 7. The number of piperidine rings is 1. The Labute approximate surface area is 164 Å². The third-order valence-electron chi connectivity index (χ3n) is 5.71. The molecule has 1 unspecified atom stereocenters. The van der Waals surface area contributed by atoms with Gasteiger partial charge in [0.05, 0.1) is 19.8 Å². The first-order valence-corrected chi connectivity index (χ1v) is 10.6. The second-order valence-electron chi connectivity index (χ2n) is 7.96. The van der Waals surface area contributed by atoms with Crippen molar-refractivity contribution in [3.63, 3.8) is 0 Å². The van der Waals surface area contributed by atoms with Crippen molar-refractivity contribution in [2.75, 3.05) is 59.5 Å². The van der Waals surface area contributed by atoms with Crippen molar-refractivity contribution < 1.29 is 9.53 Å². The van der Waals surface area contributed by atoms with Gasteiger partial charge in [0.1, 0.15) is 0 Å². The minimum Gasteiger partial charge on any atom is -0.379 e. The molecule has 2 fully saturated rings. The van der Waals surface area contributed by atoms with Crippen LogP contribution in [-0.4, -0.2) is 87.2 Å². The van der Waals surface area contributed by atoms with Gasteiger partial charge >= 0.3 is 0 Å². The lowest BCUT2D eigenvalue weighted by molar-refractivity contribution is -0.121. The number of hydrogen-bond acceptors (Lipinski definition) is 4. The molecule has 1 atom stereocenters. The van der Waals surface area contributed by atoms with Crippen LogP contribution >= 0.6 is 0 Å². The summed E-state index contributed by atoms with van der Waals surface area (Å²) in [6.45, 7) is 14.0. The van der Waals surface area contributed by atoms with E-state index in [1.807, 2.05) is 0 Å². The van der Waals surface area contributed by atoms with Crippen LogP contribution in [0.5, 0.6) is 0 Å². The van der Waals surface area contributed by atoms with E-state index in [0.717, 1.165) is 71.3 Å². The molecule has 27 heavy (non-hydrogen) atoms. The molecule has 2 saturated heterocycles. The third-order valence-corrected chi connectivity index (χ3v) is 5.71. The molecule has 0 aromatic carbocycles. The van der Waals surface area contributed by atoms with Gasteiger partial charge in [0.15, 0.2) is 5.96 Å². The minimum atomic E-state index is 0.152. The molecular formula is C20H39N5O2. The summed E-state index contributed by atoms with van der Waals surface area (Å²) in [6.07, 6.45) is 2.74. The Morgan fingerprint density at radius 1 is 1.19 bits per heavy atom. The first-order valence-electron chi connectivity index (χ1n) is 10.6. The fourth-order valence-electron chi connectivity index (χ4n) is 3.98. The number of carbonyl (C=O) groups excluding carboxylic acids is 1. The molecule has 2 rings (SSSR count). The molecule has 0 aliphatic carbocycles. The average Bonchev–Trinajstić information content (AvgIpc) is 2.68. The van der Waals surface area contributed by atoms with Crippen molar-refractivity contribution in [2.24, 2.45) is 16.8 Å². The van der Waals surface area contributed by atoms with E-state index < -0.39 is 0 Å². The zero-order valence-electron chi connectivity index (χ0n) is 17.7. The van der Waals surface area contributed by atoms with E-state index in [2.05, 4.69) is 41.2 Å². The minimum absolute atomic E-state index is 0.152. The molecule has 0 spiro atoms. The van der Waals surface area contributed by atoms with Crippen LogP contribution < -0.4 is 10.6 Å². The summed E-state index contributed by atoms with van der Waals surface area (Å²) in [7, 11) is 1.72. The van der Waals surface area contributed by atoms with Crippen LogP contribution in [0.1, 0.15) is 40.0 Å². The Morgan fingerprint density at radius 2 is 1.85 bits per heavy atom. The van der Waals surface area contributed by atoms with Crippen LogP contribution in [0.25, 0.3) is 0 Å². The second kappa shape index (κ2) is 11.5. The van der Waals surface area contributed by atoms with Crippen LogP contribution in [-0.2, 0) is 9.53 Å². The van der Waals surface area contributed by atoms with E-state index in [4.69, 9.17) is 9.73 Å². The van der Waals surface area contributed by atoms with E-state index in [9.17, 15) is 4.79 Å². The number of carbonyl (C=O) groups is 1. The number of morpholine rings is 1. The molecule has 7 nitrogen and oxygen atoms in total. The molecule has 2 N–H and O–H groups in total. The molecular weight excluding hydrogens is 342 g/mol.